The van der Waals surface area contributed by atoms with Gasteiger partial charge in [0.2, 0.25) is 11.8 Å². The normalized spacial score (nSPS) is 19.8. The molecule has 4 rings (SSSR count). The standard InChI is InChI=1S/C23H26ClN3O2/c1-16-6-7-21(12-17(16)2)27-15-18(13-22(27)28)23(29)26-10-8-25(9-11-26)20-5-3-4-19(24)14-20/h3-7,12,14,18H,8-11,13,15H2,1-2H3/t18-/m1/s1. The van der Waals surface area contributed by atoms with Crippen molar-refractivity contribution < 1.29 is 9.59 Å². The van der Waals surface area contributed by atoms with Gasteiger partial charge < -0.3 is 14.7 Å². The molecule has 29 heavy (non-hydrogen) atoms. The van der Waals surface area contributed by atoms with Crippen LogP contribution >= 0.6 is 11.6 Å². The molecule has 2 heterocycles. The first-order chi connectivity index (χ1) is 13.9. The molecule has 1 atom stereocenters. The van der Waals surface area contributed by atoms with E-state index in [-0.39, 0.29) is 17.7 Å². The summed E-state index contributed by atoms with van der Waals surface area (Å²) in [6, 6.07) is 13.8. The van der Waals surface area contributed by atoms with E-state index in [1.165, 1.54) is 5.56 Å². The molecule has 2 aliphatic heterocycles. The van der Waals surface area contributed by atoms with E-state index in [1.54, 1.807) is 4.90 Å². The van der Waals surface area contributed by atoms with Gasteiger partial charge in [-0.05, 0) is 55.3 Å². The van der Waals surface area contributed by atoms with Crippen molar-refractivity contribution in [2.75, 3.05) is 42.5 Å². The van der Waals surface area contributed by atoms with E-state index in [9.17, 15) is 9.59 Å². The van der Waals surface area contributed by atoms with E-state index in [0.29, 0.717) is 26.1 Å². The van der Waals surface area contributed by atoms with Gasteiger partial charge in [-0.15, -0.1) is 0 Å². The van der Waals surface area contributed by atoms with Crippen LogP contribution < -0.4 is 9.80 Å². The molecular formula is C23H26ClN3O2. The fourth-order valence-electron chi connectivity index (χ4n) is 4.13. The van der Waals surface area contributed by atoms with Gasteiger partial charge in [-0.25, -0.2) is 0 Å². The number of amides is 2. The molecule has 0 saturated carbocycles. The van der Waals surface area contributed by atoms with Gasteiger partial charge in [-0.1, -0.05) is 23.7 Å². The maximum absolute atomic E-state index is 13.0. The number of carbonyl (C=O) groups is 2. The van der Waals surface area contributed by atoms with Gasteiger partial charge in [0.1, 0.15) is 0 Å². The molecule has 2 saturated heterocycles. The summed E-state index contributed by atoms with van der Waals surface area (Å²) < 4.78 is 0. The quantitative estimate of drug-likeness (QED) is 0.774. The van der Waals surface area contributed by atoms with E-state index < -0.39 is 0 Å². The predicted molar refractivity (Wildman–Crippen MR) is 117 cm³/mol. The number of halogens is 1. The number of piperazine rings is 1. The van der Waals surface area contributed by atoms with Crippen LogP contribution in [0.1, 0.15) is 17.5 Å². The molecule has 2 aromatic rings. The van der Waals surface area contributed by atoms with Crippen molar-refractivity contribution in [2.45, 2.75) is 20.3 Å². The Morgan fingerprint density at radius 2 is 1.72 bits per heavy atom. The zero-order valence-corrected chi connectivity index (χ0v) is 17.7. The molecule has 2 aromatic carbocycles. The zero-order valence-electron chi connectivity index (χ0n) is 16.9. The van der Waals surface area contributed by atoms with Crippen LogP contribution in [0, 0.1) is 19.8 Å². The van der Waals surface area contributed by atoms with Crippen LogP contribution in [0.15, 0.2) is 42.5 Å². The van der Waals surface area contributed by atoms with E-state index >= 15 is 0 Å². The number of hydrogen-bond donors (Lipinski definition) is 0. The first kappa shape index (κ1) is 19.8. The van der Waals surface area contributed by atoms with Crippen molar-refractivity contribution in [1.29, 1.82) is 0 Å². The molecule has 152 valence electrons. The summed E-state index contributed by atoms with van der Waals surface area (Å²) in [6.45, 7) is 7.44. The summed E-state index contributed by atoms with van der Waals surface area (Å²) in [6.07, 6.45) is 0.292. The molecule has 6 heteroatoms. The predicted octanol–water partition coefficient (Wildman–Crippen LogP) is 3.66. The molecule has 5 nitrogen and oxygen atoms in total. The van der Waals surface area contributed by atoms with Crippen LogP contribution in [0.2, 0.25) is 5.02 Å². The summed E-state index contributed by atoms with van der Waals surface area (Å²) in [7, 11) is 0. The van der Waals surface area contributed by atoms with Crippen LogP contribution in [0.5, 0.6) is 0 Å². The minimum absolute atomic E-state index is 0.0316. The van der Waals surface area contributed by atoms with Crippen LogP contribution in [0.3, 0.4) is 0 Å². The van der Waals surface area contributed by atoms with Crippen LogP contribution in [0.25, 0.3) is 0 Å². The van der Waals surface area contributed by atoms with Gasteiger partial charge in [0.05, 0.1) is 5.92 Å². The Morgan fingerprint density at radius 3 is 2.41 bits per heavy atom. The summed E-state index contributed by atoms with van der Waals surface area (Å²) in [5, 5.41) is 0.719. The number of anilines is 2. The SMILES string of the molecule is Cc1ccc(N2C[C@H](C(=O)N3CCN(c4cccc(Cl)c4)CC3)CC2=O)cc1C. The average Bonchev–Trinajstić information content (AvgIpc) is 3.11. The smallest absolute Gasteiger partial charge is 0.228 e. The average molecular weight is 412 g/mol. The Kier molecular flexibility index (Phi) is 5.50. The number of carbonyl (C=O) groups excluding carboxylic acids is 2. The Morgan fingerprint density at radius 1 is 0.966 bits per heavy atom. The third-order valence-corrected chi connectivity index (χ3v) is 6.28. The molecule has 0 unspecified atom stereocenters. The van der Waals surface area contributed by atoms with E-state index in [0.717, 1.165) is 35.1 Å². The monoisotopic (exact) mass is 411 g/mol. The van der Waals surface area contributed by atoms with Crippen LogP contribution in [-0.4, -0.2) is 49.4 Å². The first-order valence-corrected chi connectivity index (χ1v) is 10.5. The zero-order chi connectivity index (χ0) is 20.5. The highest BCUT2D eigenvalue weighted by atomic mass is 35.5. The van der Waals surface area contributed by atoms with Gasteiger partial charge in [0.25, 0.3) is 0 Å². The van der Waals surface area contributed by atoms with Crippen molar-refractivity contribution in [3.05, 3.63) is 58.6 Å². The van der Waals surface area contributed by atoms with Crippen LogP contribution in [0.4, 0.5) is 11.4 Å². The molecule has 2 aliphatic rings. The first-order valence-electron chi connectivity index (χ1n) is 10.1. The molecule has 0 aromatic heterocycles. The Bertz CT molecular complexity index is 937. The van der Waals surface area contributed by atoms with E-state index in [1.807, 2.05) is 54.3 Å². The molecule has 0 aliphatic carbocycles. The lowest BCUT2D eigenvalue weighted by atomic mass is 10.1. The molecule has 0 N–H and O–H groups in total. The summed E-state index contributed by atoms with van der Waals surface area (Å²) >= 11 is 6.10. The second-order valence-electron chi connectivity index (χ2n) is 7.97. The van der Waals surface area contributed by atoms with Crippen molar-refractivity contribution in [2.24, 2.45) is 5.92 Å². The summed E-state index contributed by atoms with van der Waals surface area (Å²) in [5.74, 6) is -0.138. The molecule has 0 bridgehead atoms. The lowest BCUT2D eigenvalue weighted by Gasteiger charge is -2.37. The van der Waals surface area contributed by atoms with Crippen molar-refractivity contribution in [3.8, 4) is 0 Å². The fourth-order valence-corrected chi connectivity index (χ4v) is 4.32. The van der Waals surface area contributed by atoms with E-state index in [4.69, 9.17) is 11.6 Å². The lowest BCUT2D eigenvalue weighted by Crippen LogP contribution is -2.50. The van der Waals surface area contributed by atoms with Gasteiger partial charge in [-0.3, -0.25) is 9.59 Å². The molecule has 2 amide bonds. The van der Waals surface area contributed by atoms with Gasteiger partial charge in [0, 0.05) is 55.5 Å². The number of rotatable bonds is 3. The second-order valence-corrected chi connectivity index (χ2v) is 8.40. The third kappa shape index (κ3) is 4.10. The van der Waals surface area contributed by atoms with Gasteiger partial charge in [-0.2, -0.15) is 0 Å². The van der Waals surface area contributed by atoms with Crippen LogP contribution in [-0.2, 0) is 9.59 Å². The van der Waals surface area contributed by atoms with Crippen molar-refractivity contribution in [3.63, 3.8) is 0 Å². The summed E-state index contributed by atoms with van der Waals surface area (Å²) in [4.78, 5) is 31.5. The molecule has 2 fully saturated rings. The maximum Gasteiger partial charge on any atom is 0.228 e. The van der Waals surface area contributed by atoms with E-state index in [2.05, 4.69) is 11.8 Å². The van der Waals surface area contributed by atoms with Crippen molar-refractivity contribution in [1.82, 2.24) is 4.90 Å². The van der Waals surface area contributed by atoms with Gasteiger partial charge >= 0.3 is 0 Å². The summed E-state index contributed by atoms with van der Waals surface area (Å²) in [5.41, 5.74) is 4.33. The molecule has 0 spiro atoms. The third-order valence-electron chi connectivity index (χ3n) is 6.04. The number of benzene rings is 2. The number of hydrogen-bond acceptors (Lipinski definition) is 3. The minimum atomic E-state index is -0.262. The second kappa shape index (κ2) is 8.07. The molecule has 0 radical (unpaired) electrons. The highest BCUT2D eigenvalue weighted by Crippen LogP contribution is 2.28. The minimum Gasteiger partial charge on any atom is -0.368 e. The molecular weight excluding hydrogens is 386 g/mol. The Balaban J connectivity index is 1.38. The maximum atomic E-state index is 13.0. The Hall–Kier alpha value is -2.53. The largest absolute Gasteiger partial charge is 0.368 e. The highest BCUT2D eigenvalue weighted by Gasteiger charge is 2.38. The number of nitrogens with zero attached hydrogens (tertiary/aromatic N) is 3. The number of aryl methyl sites for hydroxylation is 2. The van der Waals surface area contributed by atoms with Gasteiger partial charge in [0.15, 0.2) is 0 Å². The fraction of sp³-hybridized carbons (Fsp3) is 0.391. The lowest BCUT2D eigenvalue weighted by molar-refractivity contribution is -0.136. The topological polar surface area (TPSA) is 43.9 Å². The Labute approximate surface area is 176 Å². The highest BCUT2D eigenvalue weighted by molar-refractivity contribution is 6.30. The van der Waals surface area contributed by atoms with Crippen molar-refractivity contribution >= 4 is 34.8 Å².